The molecule has 0 aliphatic rings. The van der Waals surface area contributed by atoms with Crippen LogP contribution in [-0.4, -0.2) is 15.0 Å². The van der Waals surface area contributed by atoms with Gasteiger partial charge in [0.15, 0.2) is 5.82 Å². The molecular formula is C9H9FN4O. The number of nitrogens with one attached hydrogen (secondary N) is 1. The maximum Gasteiger partial charge on any atom is 0.223 e. The van der Waals surface area contributed by atoms with Crippen molar-refractivity contribution in [2.45, 2.75) is 13.5 Å². The number of anilines is 1. The predicted molar refractivity (Wildman–Crippen MR) is 50.6 cm³/mol. The Balaban J connectivity index is 1.96. The van der Waals surface area contributed by atoms with Gasteiger partial charge in [-0.25, -0.2) is 19.3 Å². The smallest absolute Gasteiger partial charge is 0.223 e. The Labute approximate surface area is 85.4 Å². The molecule has 0 aromatic carbocycles. The number of oxazole rings is 1. The molecule has 2 rings (SSSR count). The van der Waals surface area contributed by atoms with E-state index in [2.05, 4.69) is 20.3 Å². The third-order valence-electron chi connectivity index (χ3n) is 1.69. The van der Waals surface area contributed by atoms with E-state index in [1.54, 1.807) is 6.20 Å². The largest absolute Gasteiger partial charge is 0.444 e. The van der Waals surface area contributed by atoms with Crippen LogP contribution in [0.5, 0.6) is 0 Å². The molecule has 2 aromatic heterocycles. The fraction of sp³-hybridized carbons (Fsp3) is 0.222. The van der Waals surface area contributed by atoms with E-state index in [4.69, 9.17) is 4.42 Å². The summed E-state index contributed by atoms with van der Waals surface area (Å²) in [5.41, 5.74) is 0. The van der Waals surface area contributed by atoms with Gasteiger partial charge in [0.05, 0.1) is 25.1 Å². The molecule has 78 valence electrons. The Morgan fingerprint density at radius 2 is 2.00 bits per heavy atom. The van der Waals surface area contributed by atoms with E-state index < -0.39 is 5.82 Å². The number of aryl methyl sites for hydroxylation is 1. The van der Waals surface area contributed by atoms with Crippen molar-refractivity contribution in [1.29, 1.82) is 0 Å². The third kappa shape index (κ3) is 2.49. The minimum atomic E-state index is -0.465. The molecule has 2 aromatic rings. The molecule has 2 heterocycles. The zero-order valence-corrected chi connectivity index (χ0v) is 8.07. The first kappa shape index (κ1) is 9.57. The monoisotopic (exact) mass is 208 g/mol. The molecule has 0 spiro atoms. The highest BCUT2D eigenvalue weighted by Gasteiger charge is 2.01. The molecule has 0 saturated heterocycles. The van der Waals surface area contributed by atoms with Crippen molar-refractivity contribution in [3.8, 4) is 0 Å². The second kappa shape index (κ2) is 4.04. The van der Waals surface area contributed by atoms with Gasteiger partial charge in [0.25, 0.3) is 0 Å². The lowest BCUT2D eigenvalue weighted by Gasteiger charge is -2.00. The van der Waals surface area contributed by atoms with E-state index in [9.17, 15) is 4.39 Å². The van der Waals surface area contributed by atoms with E-state index in [0.717, 1.165) is 18.2 Å². The van der Waals surface area contributed by atoms with Crippen molar-refractivity contribution >= 4 is 5.95 Å². The lowest BCUT2D eigenvalue weighted by molar-refractivity contribution is 0.478. The van der Waals surface area contributed by atoms with Crippen molar-refractivity contribution in [3.05, 3.63) is 36.1 Å². The third-order valence-corrected chi connectivity index (χ3v) is 1.69. The van der Waals surface area contributed by atoms with Crippen molar-refractivity contribution in [3.63, 3.8) is 0 Å². The molecule has 0 saturated carbocycles. The number of hydrogen-bond acceptors (Lipinski definition) is 5. The summed E-state index contributed by atoms with van der Waals surface area (Å²) in [7, 11) is 0. The minimum absolute atomic E-state index is 0.340. The SMILES string of the molecule is Cc1cnc(CNc2ncc(F)cn2)o1. The van der Waals surface area contributed by atoms with Gasteiger partial charge >= 0.3 is 0 Å². The highest BCUT2D eigenvalue weighted by atomic mass is 19.1. The van der Waals surface area contributed by atoms with Crippen molar-refractivity contribution in [2.24, 2.45) is 0 Å². The highest BCUT2D eigenvalue weighted by Crippen LogP contribution is 2.04. The second-order valence-electron chi connectivity index (χ2n) is 2.94. The van der Waals surface area contributed by atoms with E-state index in [1.165, 1.54) is 0 Å². The van der Waals surface area contributed by atoms with Gasteiger partial charge in [-0.15, -0.1) is 0 Å². The molecular weight excluding hydrogens is 199 g/mol. The van der Waals surface area contributed by atoms with Crippen LogP contribution in [0.3, 0.4) is 0 Å². The molecule has 6 heteroatoms. The lowest BCUT2D eigenvalue weighted by atomic mass is 10.6. The molecule has 0 fully saturated rings. The Morgan fingerprint density at radius 3 is 2.60 bits per heavy atom. The maximum atomic E-state index is 12.5. The summed E-state index contributed by atoms with van der Waals surface area (Å²) < 4.78 is 17.7. The minimum Gasteiger partial charge on any atom is -0.444 e. The van der Waals surface area contributed by atoms with Crippen LogP contribution < -0.4 is 5.32 Å². The quantitative estimate of drug-likeness (QED) is 0.828. The first-order valence-electron chi connectivity index (χ1n) is 4.37. The summed E-state index contributed by atoms with van der Waals surface area (Å²) in [6.45, 7) is 2.18. The fourth-order valence-corrected chi connectivity index (χ4v) is 1.04. The summed E-state index contributed by atoms with van der Waals surface area (Å²) in [4.78, 5) is 11.5. The molecule has 0 radical (unpaired) electrons. The Kier molecular flexibility index (Phi) is 2.57. The summed E-state index contributed by atoms with van der Waals surface area (Å²) in [6, 6.07) is 0. The Bertz CT molecular complexity index is 440. The van der Waals surface area contributed by atoms with Crippen LogP contribution in [-0.2, 0) is 6.54 Å². The summed E-state index contributed by atoms with van der Waals surface area (Å²) in [5, 5.41) is 2.86. The molecule has 0 unspecified atom stereocenters. The van der Waals surface area contributed by atoms with Crippen molar-refractivity contribution in [2.75, 3.05) is 5.32 Å². The molecule has 0 bridgehead atoms. The van der Waals surface area contributed by atoms with Crippen LogP contribution in [0.25, 0.3) is 0 Å². The number of rotatable bonds is 3. The molecule has 15 heavy (non-hydrogen) atoms. The lowest BCUT2D eigenvalue weighted by Crippen LogP contribution is -2.03. The molecule has 0 aliphatic carbocycles. The van der Waals surface area contributed by atoms with Crippen LogP contribution in [0.1, 0.15) is 11.7 Å². The first-order valence-corrected chi connectivity index (χ1v) is 4.37. The van der Waals surface area contributed by atoms with Crippen LogP contribution in [0.4, 0.5) is 10.3 Å². The van der Waals surface area contributed by atoms with Crippen LogP contribution in [0.15, 0.2) is 23.0 Å². The van der Waals surface area contributed by atoms with Gasteiger partial charge < -0.3 is 9.73 Å². The van der Waals surface area contributed by atoms with E-state index in [1.807, 2.05) is 6.92 Å². The number of halogens is 1. The predicted octanol–water partition coefficient (Wildman–Crippen LogP) is 1.52. The standard InChI is InChI=1S/C9H9FN4O/c1-6-2-11-8(15-6)5-14-9-12-3-7(10)4-13-9/h2-4H,5H2,1H3,(H,12,13,14). The van der Waals surface area contributed by atoms with Gasteiger partial charge in [0.2, 0.25) is 11.8 Å². The van der Waals surface area contributed by atoms with Gasteiger partial charge in [0, 0.05) is 0 Å². The van der Waals surface area contributed by atoms with Gasteiger partial charge in [0.1, 0.15) is 5.76 Å². The average Bonchev–Trinajstić information content (AvgIpc) is 2.64. The van der Waals surface area contributed by atoms with Crippen molar-refractivity contribution in [1.82, 2.24) is 15.0 Å². The topological polar surface area (TPSA) is 63.8 Å². The van der Waals surface area contributed by atoms with Crippen LogP contribution in [0.2, 0.25) is 0 Å². The van der Waals surface area contributed by atoms with Crippen molar-refractivity contribution < 1.29 is 8.81 Å². The molecule has 5 nitrogen and oxygen atoms in total. The Morgan fingerprint density at radius 1 is 1.27 bits per heavy atom. The van der Waals surface area contributed by atoms with Crippen LogP contribution in [0, 0.1) is 12.7 Å². The molecule has 0 aliphatic heterocycles. The maximum absolute atomic E-state index is 12.5. The fourth-order valence-electron chi connectivity index (χ4n) is 1.04. The summed E-state index contributed by atoms with van der Waals surface area (Å²) >= 11 is 0. The van der Waals surface area contributed by atoms with Crippen LogP contribution >= 0.6 is 0 Å². The second-order valence-corrected chi connectivity index (χ2v) is 2.94. The number of hydrogen-bond donors (Lipinski definition) is 1. The number of nitrogens with zero attached hydrogens (tertiary/aromatic N) is 3. The number of aromatic nitrogens is 3. The summed E-state index contributed by atoms with van der Waals surface area (Å²) in [6.07, 6.45) is 3.81. The molecule has 0 atom stereocenters. The normalized spacial score (nSPS) is 10.3. The van der Waals surface area contributed by atoms with E-state index in [-0.39, 0.29) is 0 Å². The average molecular weight is 208 g/mol. The zero-order valence-electron chi connectivity index (χ0n) is 8.07. The molecule has 1 N–H and O–H groups in total. The van der Waals surface area contributed by atoms with E-state index in [0.29, 0.717) is 18.4 Å². The Hall–Kier alpha value is -1.98. The first-order chi connectivity index (χ1) is 7.24. The van der Waals surface area contributed by atoms with Gasteiger partial charge in [-0.05, 0) is 6.92 Å². The van der Waals surface area contributed by atoms with Gasteiger partial charge in [-0.2, -0.15) is 0 Å². The van der Waals surface area contributed by atoms with E-state index >= 15 is 0 Å². The highest BCUT2D eigenvalue weighted by molar-refractivity contribution is 5.22. The zero-order chi connectivity index (χ0) is 10.7. The summed E-state index contributed by atoms with van der Waals surface area (Å²) in [5.74, 6) is 1.16. The van der Waals surface area contributed by atoms with Gasteiger partial charge in [-0.1, -0.05) is 0 Å². The molecule has 0 amide bonds. The van der Waals surface area contributed by atoms with Gasteiger partial charge in [-0.3, -0.25) is 0 Å².